The zero-order valence-electron chi connectivity index (χ0n) is 10.5. The molecule has 0 aliphatic rings. The zero-order chi connectivity index (χ0) is 12.0. The standard InChI is InChI=1S/C10H21N5O/c1-5-16-7-9(8(2)3)11-6-10-12-14-15(4)13-10/h8-9,11H,5-7H2,1-4H3. The van der Waals surface area contributed by atoms with E-state index in [9.17, 15) is 0 Å². The second-order valence-electron chi connectivity index (χ2n) is 4.09. The number of rotatable bonds is 7. The van der Waals surface area contributed by atoms with Crippen molar-refractivity contribution in [2.75, 3.05) is 13.2 Å². The molecule has 0 amide bonds. The van der Waals surface area contributed by atoms with E-state index in [1.807, 2.05) is 6.92 Å². The molecule has 92 valence electrons. The summed E-state index contributed by atoms with van der Waals surface area (Å²) in [5.74, 6) is 1.23. The SMILES string of the molecule is CCOCC(NCc1nnn(C)n1)C(C)C. The number of nitrogens with one attached hydrogen (secondary N) is 1. The normalized spacial score (nSPS) is 13.3. The highest BCUT2D eigenvalue weighted by Gasteiger charge is 2.13. The van der Waals surface area contributed by atoms with Crippen LogP contribution >= 0.6 is 0 Å². The quantitative estimate of drug-likeness (QED) is 0.728. The molecule has 6 heteroatoms. The number of hydrogen-bond acceptors (Lipinski definition) is 5. The Morgan fingerprint density at radius 1 is 1.44 bits per heavy atom. The Hall–Kier alpha value is -1.01. The van der Waals surface area contributed by atoms with Crippen LogP contribution in [0.5, 0.6) is 0 Å². The van der Waals surface area contributed by atoms with Crippen LogP contribution in [0.25, 0.3) is 0 Å². The Balaban J connectivity index is 2.37. The molecule has 0 spiro atoms. The van der Waals surface area contributed by atoms with Gasteiger partial charge in [-0.15, -0.1) is 10.2 Å². The average Bonchev–Trinajstić information content (AvgIpc) is 2.64. The second kappa shape index (κ2) is 6.55. The lowest BCUT2D eigenvalue weighted by Gasteiger charge is -2.21. The predicted octanol–water partition coefficient (Wildman–Crippen LogP) is 0.361. The molecular formula is C10H21N5O. The molecule has 0 saturated heterocycles. The summed E-state index contributed by atoms with van der Waals surface area (Å²) in [6.45, 7) is 8.43. The minimum Gasteiger partial charge on any atom is -0.380 e. The summed E-state index contributed by atoms with van der Waals surface area (Å²) in [6, 6.07) is 0.323. The molecule has 0 aliphatic heterocycles. The number of aromatic nitrogens is 4. The predicted molar refractivity (Wildman–Crippen MR) is 60.8 cm³/mol. The fourth-order valence-electron chi connectivity index (χ4n) is 1.35. The lowest BCUT2D eigenvalue weighted by atomic mass is 10.1. The van der Waals surface area contributed by atoms with Crippen molar-refractivity contribution < 1.29 is 4.74 Å². The molecule has 1 rings (SSSR count). The van der Waals surface area contributed by atoms with E-state index in [2.05, 4.69) is 34.6 Å². The van der Waals surface area contributed by atoms with Crippen molar-refractivity contribution in [3.8, 4) is 0 Å². The number of nitrogens with zero attached hydrogens (tertiary/aromatic N) is 4. The van der Waals surface area contributed by atoms with E-state index in [0.29, 0.717) is 30.9 Å². The van der Waals surface area contributed by atoms with Gasteiger partial charge in [-0.1, -0.05) is 13.8 Å². The number of ether oxygens (including phenoxy) is 1. The van der Waals surface area contributed by atoms with Gasteiger partial charge in [0, 0.05) is 12.6 Å². The lowest BCUT2D eigenvalue weighted by Crippen LogP contribution is -2.37. The molecule has 1 aromatic heterocycles. The minimum absolute atomic E-state index is 0.323. The Morgan fingerprint density at radius 2 is 2.19 bits per heavy atom. The summed E-state index contributed by atoms with van der Waals surface area (Å²) in [6.07, 6.45) is 0. The van der Waals surface area contributed by atoms with Gasteiger partial charge in [0.2, 0.25) is 0 Å². The van der Waals surface area contributed by atoms with Gasteiger partial charge in [-0.2, -0.15) is 4.80 Å². The third-order valence-corrected chi connectivity index (χ3v) is 2.38. The van der Waals surface area contributed by atoms with Crippen molar-refractivity contribution in [1.82, 2.24) is 25.5 Å². The van der Waals surface area contributed by atoms with Crippen LogP contribution in [0.15, 0.2) is 0 Å². The van der Waals surface area contributed by atoms with Gasteiger partial charge in [-0.3, -0.25) is 0 Å². The van der Waals surface area contributed by atoms with E-state index < -0.39 is 0 Å². The molecule has 0 radical (unpaired) electrons. The molecule has 0 aromatic carbocycles. The average molecular weight is 227 g/mol. The van der Waals surface area contributed by atoms with Crippen LogP contribution in [0, 0.1) is 5.92 Å². The van der Waals surface area contributed by atoms with Crippen LogP contribution in [0.1, 0.15) is 26.6 Å². The van der Waals surface area contributed by atoms with Crippen molar-refractivity contribution in [3.05, 3.63) is 5.82 Å². The monoisotopic (exact) mass is 227 g/mol. The van der Waals surface area contributed by atoms with Crippen molar-refractivity contribution in [2.24, 2.45) is 13.0 Å². The Morgan fingerprint density at radius 3 is 2.69 bits per heavy atom. The zero-order valence-corrected chi connectivity index (χ0v) is 10.5. The molecule has 0 fully saturated rings. The van der Waals surface area contributed by atoms with Gasteiger partial charge in [-0.25, -0.2) is 0 Å². The lowest BCUT2D eigenvalue weighted by molar-refractivity contribution is 0.107. The number of hydrogen-bond donors (Lipinski definition) is 1. The molecule has 1 N–H and O–H groups in total. The fourth-order valence-corrected chi connectivity index (χ4v) is 1.35. The van der Waals surface area contributed by atoms with Crippen LogP contribution in [-0.2, 0) is 18.3 Å². The van der Waals surface area contributed by atoms with Crippen LogP contribution in [0.2, 0.25) is 0 Å². The maximum atomic E-state index is 5.43. The molecule has 16 heavy (non-hydrogen) atoms. The van der Waals surface area contributed by atoms with Gasteiger partial charge >= 0.3 is 0 Å². The highest BCUT2D eigenvalue weighted by molar-refractivity contribution is 4.79. The topological polar surface area (TPSA) is 64.9 Å². The van der Waals surface area contributed by atoms with Crippen LogP contribution in [0.4, 0.5) is 0 Å². The maximum Gasteiger partial charge on any atom is 0.188 e. The van der Waals surface area contributed by atoms with E-state index in [4.69, 9.17) is 4.74 Å². The van der Waals surface area contributed by atoms with E-state index in [1.54, 1.807) is 7.05 Å². The largest absolute Gasteiger partial charge is 0.380 e. The number of aryl methyl sites for hydroxylation is 1. The van der Waals surface area contributed by atoms with Gasteiger partial charge in [0.15, 0.2) is 5.82 Å². The third kappa shape index (κ3) is 4.24. The van der Waals surface area contributed by atoms with Crippen molar-refractivity contribution in [3.63, 3.8) is 0 Å². The summed E-state index contributed by atoms with van der Waals surface area (Å²) in [7, 11) is 1.76. The van der Waals surface area contributed by atoms with Gasteiger partial charge in [0.1, 0.15) is 0 Å². The van der Waals surface area contributed by atoms with Gasteiger partial charge in [0.25, 0.3) is 0 Å². The molecule has 0 saturated carbocycles. The Kier molecular flexibility index (Phi) is 5.34. The summed E-state index contributed by atoms with van der Waals surface area (Å²) in [5.41, 5.74) is 0. The molecular weight excluding hydrogens is 206 g/mol. The highest BCUT2D eigenvalue weighted by Crippen LogP contribution is 2.03. The van der Waals surface area contributed by atoms with Crippen LogP contribution in [0.3, 0.4) is 0 Å². The van der Waals surface area contributed by atoms with Gasteiger partial charge in [0.05, 0.1) is 20.2 Å². The fraction of sp³-hybridized carbons (Fsp3) is 0.900. The highest BCUT2D eigenvalue weighted by atomic mass is 16.5. The van der Waals surface area contributed by atoms with E-state index in [-0.39, 0.29) is 0 Å². The first-order valence-electron chi connectivity index (χ1n) is 5.67. The van der Waals surface area contributed by atoms with Crippen molar-refractivity contribution in [1.29, 1.82) is 0 Å². The smallest absolute Gasteiger partial charge is 0.188 e. The van der Waals surface area contributed by atoms with E-state index >= 15 is 0 Å². The minimum atomic E-state index is 0.323. The maximum absolute atomic E-state index is 5.43. The molecule has 1 unspecified atom stereocenters. The van der Waals surface area contributed by atoms with E-state index in [0.717, 1.165) is 6.61 Å². The third-order valence-electron chi connectivity index (χ3n) is 2.38. The second-order valence-corrected chi connectivity index (χ2v) is 4.09. The molecule has 6 nitrogen and oxygen atoms in total. The first-order valence-corrected chi connectivity index (χ1v) is 5.67. The summed E-state index contributed by atoms with van der Waals surface area (Å²) >= 11 is 0. The molecule has 1 heterocycles. The number of tetrazole rings is 1. The Labute approximate surface area is 96.4 Å². The summed E-state index contributed by atoms with van der Waals surface area (Å²) in [5, 5.41) is 15.2. The van der Waals surface area contributed by atoms with Crippen molar-refractivity contribution >= 4 is 0 Å². The Bertz CT molecular complexity index is 299. The first-order chi connectivity index (χ1) is 7.63. The first kappa shape index (κ1) is 13.1. The van der Waals surface area contributed by atoms with E-state index in [1.165, 1.54) is 4.80 Å². The molecule has 1 atom stereocenters. The summed E-state index contributed by atoms with van der Waals surface area (Å²) < 4.78 is 5.43. The van der Waals surface area contributed by atoms with Gasteiger partial charge < -0.3 is 10.1 Å². The molecule has 1 aromatic rings. The van der Waals surface area contributed by atoms with Gasteiger partial charge in [-0.05, 0) is 18.1 Å². The molecule has 0 aliphatic carbocycles. The molecule has 0 bridgehead atoms. The van der Waals surface area contributed by atoms with Crippen LogP contribution < -0.4 is 5.32 Å². The van der Waals surface area contributed by atoms with Crippen molar-refractivity contribution in [2.45, 2.75) is 33.4 Å². The summed E-state index contributed by atoms with van der Waals surface area (Å²) in [4.78, 5) is 1.46. The van der Waals surface area contributed by atoms with Crippen LogP contribution in [-0.4, -0.2) is 39.5 Å².